The fraction of sp³-hybridized carbons (Fsp3) is 0.412. The van der Waals surface area contributed by atoms with Gasteiger partial charge in [-0.25, -0.2) is 23.3 Å². The van der Waals surface area contributed by atoms with Gasteiger partial charge in [0.1, 0.15) is 23.0 Å². The fourth-order valence-corrected chi connectivity index (χ4v) is 3.61. The molecule has 2 aliphatic rings. The molecule has 0 aromatic heterocycles. The van der Waals surface area contributed by atoms with Crippen LogP contribution in [0.1, 0.15) is 65.2 Å². The molecule has 0 unspecified atom stereocenters. The van der Waals surface area contributed by atoms with Gasteiger partial charge in [0.2, 0.25) is 0 Å². The van der Waals surface area contributed by atoms with Crippen molar-refractivity contribution in [3.63, 3.8) is 0 Å². The van der Waals surface area contributed by atoms with Crippen molar-refractivity contribution < 1.29 is 50.9 Å². The Balaban J connectivity index is 0.000000518. The molecule has 7 heteroatoms. The van der Waals surface area contributed by atoms with Crippen LogP contribution in [0.2, 0.25) is 0 Å². The summed E-state index contributed by atoms with van der Waals surface area (Å²) in [5.41, 5.74) is 2.83. The van der Waals surface area contributed by atoms with Gasteiger partial charge >= 0.3 is 21.7 Å². The molecule has 0 atom stereocenters. The molecule has 0 aliphatic heterocycles. The Labute approximate surface area is 262 Å². The third-order valence-electron chi connectivity index (χ3n) is 5.90. The molecular weight excluding hydrogens is 552 g/mol. The van der Waals surface area contributed by atoms with Crippen LogP contribution >= 0.6 is 0 Å². The van der Waals surface area contributed by atoms with Crippen LogP contribution in [0, 0.1) is 12.2 Å². The molecule has 2 aromatic carbocycles. The molecule has 0 saturated heterocycles. The van der Waals surface area contributed by atoms with Gasteiger partial charge in [0, 0.05) is 0 Å². The standard InChI is InChI=1S/2C9H13.2C8H10O3.Ti/c2*1-2-3-6-9-7-4-5-8-9;2*1-10-6-4-3-5-7(11-2)8(6)9;/h2*4,7H,2-3,5-6H2,1H3;2*3-5,9H,1-2H3;/q2*-1;;;+4/p-2. The summed E-state index contributed by atoms with van der Waals surface area (Å²) in [4.78, 5) is 0. The third-order valence-corrected chi connectivity index (χ3v) is 5.90. The second kappa shape index (κ2) is 23.6. The zero-order valence-electron chi connectivity index (χ0n) is 25.4. The smallest absolute Gasteiger partial charge is 0.867 e. The summed E-state index contributed by atoms with van der Waals surface area (Å²) < 4.78 is 19.2. The van der Waals surface area contributed by atoms with E-state index in [1.165, 1.54) is 78.1 Å². The summed E-state index contributed by atoms with van der Waals surface area (Å²) >= 11 is 0. The van der Waals surface area contributed by atoms with Crippen LogP contribution in [-0.2, 0) is 21.7 Å². The first kappa shape index (κ1) is 37.9. The molecule has 220 valence electrons. The average Bonchev–Trinajstić information content (AvgIpc) is 3.71. The Bertz CT molecular complexity index is 972. The molecule has 2 aliphatic carbocycles. The summed E-state index contributed by atoms with van der Waals surface area (Å²) in [6.45, 7) is 4.44. The molecule has 0 N–H and O–H groups in total. The molecule has 0 saturated carbocycles. The first-order valence-electron chi connectivity index (χ1n) is 13.7. The Morgan fingerprint density at radius 1 is 0.610 bits per heavy atom. The summed E-state index contributed by atoms with van der Waals surface area (Å²) in [5, 5.41) is 22.4. The third kappa shape index (κ3) is 14.9. The predicted molar refractivity (Wildman–Crippen MR) is 158 cm³/mol. The van der Waals surface area contributed by atoms with E-state index < -0.39 is 0 Å². The van der Waals surface area contributed by atoms with Crippen molar-refractivity contribution >= 4 is 0 Å². The van der Waals surface area contributed by atoms with E-state index in [-0.39, 0.29) is 33.2 Å². The molecule has 0 spiro atoms. The maximum atomic E-state index is 11.2. The first-order valence-corrected chi connectivity index (χ1v) is 13.7. The van der Waals surface area contributed by atoms with Crippen LogP contribution in [0.5, 0.6) is 34.5 Å². The van der Waals surface area contributed by atoms with E-state index in [4.69, 9.17) is 18.9 Å². The number of rotatable bonds is 10. The van der Waals surface area contributed by atoms with Crippen molar-refractivity contribution in [1.82, 2.24) is 0 Å². The van der Waals surface area contributed by atoms with E-state index >= 15 is 0 Å². The second-order valence-electron chi connectivity index (χ2n) is 8.81. The molecule has 0 heterocycles. The maximum absolute atomic E-state index is 11.2. The van der Waals surface area contributed by atoms with Crippen molar-refractivity contribution in [2.75, 3.05) is 28.4 Å². The van der Waals surface area contributed by atoms with E-state index in [0.29, 0.717) is 23.0 Å². The molecule has 0 amide bonds. The quantitative estimate of drug-likeness (QED) is 0.212. The van der Waals surface area contributed by atoms with E-state index in [2.05, 4.69) is 50.3 Å². The summed E-state index contributed by atoms with van der Waals surface area (Å²) in [7, 11) is 5.82. The van der Waals surface area contributed by atoms with Gasteiger partial charge in [-0.05, 0) is 35.8 Å². The largest absolute Gasteiger partial charge is 4.00 e. The number of hydrogen-bond acceptors (Lipinski definition) is 6. The van der Waals surface area contributed by atoms with Crippen LogP contribution in [0.4, 0.5) is 0 Å². The fourth-order valence-electron chi connectivity index (χ4n) is 3.61. The molecule has 4 rings (SSSR count). The Kier molecular flexibility index (Phi) is 21.8. The monoisotopic (exact) mass is 596 g/mol. The minimum absolute atomic E-state index is 0. The van der Waals surface area contributed by atoms with Crippen LogP contribution in [0.25, 0.3) is 0 Å². The zero-order chi connectivity index (χ0) is 29.6. The van der Waals surface area contributed by atoms with Gasteiger partial charge in [-0.15, -0.1) is 12.8 Å². The predicted octanol–water partition coefficient (Wildman–Crippen LogP) is 7.28. The number of para-hydroxylation sites is 2. The van der Waals surface area contributed by atoms with Gasteiger partial charge in [-0.1, -0.05) is 64.5 Å². The van der Waals surface area contributed by atoms with Gasteiger partial charge in [0.25, 0.3) is 0 Å². The summed E-state index contributed by atoms with van der Waals surface area (Å²) in [6.07, 6.45) is 25.1. The van der Waals surface area contributed by atoms with Gasteiger partial charge in [-0.3, -0.25) is 12.2 Å². The van der Waals surface area contributed by atoms with E-state index in [1.807, 2.05) is 0 Å². The van der Waals surface area contributed by atoms with Crippen molar-refractivity contribution in [3.8, 4) is 34.5 Å². The number of hydrogen-bond donors (Lipinski definition) is 0. The minimum atomic E-state index is -0.211. The topological polar surface area (TPSA) is 83.0 Å². The Morgan fingerprint density at radius 3 is 1.15 bits per heavy atom. The van der Waals surface area contributed by atoms with Crippen molar-refractivity contribution in [1.29, 1.82) is 0 Å². The van der Waals surface area contributed by atoms with Crippen LogP contribution in [0.15, 0.2) is 71.8 Å². The van der Waals surface area contributed by atoms with Gasteiger partial charge < -0.3 is 29.2 Å². The molecule has 0 bridgehead atoms. The van der Waals surface area contributed by atoms with E-state index in [9.17, 15) is 10.2 Å². The van der Waals surface area contributed by atoms with Crippen molar-refractivity contribution in [2.45, 2.75) is 65.2 Å². The first-order chi connectivity index (χ1) is 19.4. The average molecular weight is 597 g/mol. The maximum Gasteiger partial charge on any atom is 4.00 e. The number of allylic oxidation sites excluding steroid dienone is 8. The van der Waals surface area contributed by atoms with Gasteiger partial charge in [0.15, 0.2) is 0 Å². The Hall–Kier alpha value is -3.09. The molecule has 6 nitrogen and oxygen atoms in total. The van der Waals surface area contributed by atoms with Gasteiger partial charge in [0.05, 0.1) is 28.4 Å². The number of unbranched alkanes of at least 4 members (excludes halogenated alkanes) is 2. The zero-order valence-corrected chi connectivity index (χ0v) is 26.9. The van der Waals surface area contributed by atoms with Crippen molar-refractivity contribution in [2.24, 2.45) is 0 Å². The van der Waals surface area contributed by atoms with Crippen LogP contribution in [0.3, 0.4) is 0 Å². The summed E-state index contributed by atoms with van der Waals surface area (Å²) in [5.74, 6) is 0.817. The summed E-state index contributed by atoms with van der Waals surface area (Å²) in [6, 6.07) is 9.82. The normalized spacial score (nSPS) is 12.1. The van der Waals surface area contributed by atoms with Gasteiger partial charge in [-0.2, -0.15) is 12.2 Å². The van der Waals surface area contributed by atoms with Crippen LogP contribution in [-0.4, -0.2) is 28.4 Å². The molecule has 0 fully saturated rings. The second-order valence-corrected chi connectivity index (χ2v) is 8.81. The van der Waals surface area contributed by atoms with E-state index in [1.54, 1.807) is 36.4 Å². The molecule has 0 radical (unpaired) electrons. The SMILES string of the molecule is CCCCC1=[C-]CC=C1.CCCCC1=[C-]CC=C1.COc1cccc(OC)c1[O-].COc1cccc(OC)c1[O-].[Ti+4]. The molecule has 2 aromatic rings. The minimum Gasteiger partial charge on any atom is -0.867 e. The van der Waals surface area contributed by atoms with Crippen LogP contribution < -0.4 is 29.2 Å². The Morgan fingerprint density at radius 2 is 0.927 bits per heavy atom. The number of ether oxygens (including phenoxy) is 4. The molecular formula is C34H44O6Ti. The number of benzene rings is 2. The van der Waals surface area contributed by atoms with Crippen molar-refractivity contribution in [3.05, 3.63) is 84.0 Å². The number of methoxy groups -OCH3 is 4. The van der Waals surface area contributed by atoms with E-state index in [0.717, 1.165) is 12.8 Å². The molecule has 41 heavy (non-hydrogen) atoms.